The van der Waals surface area contributed by atoms with Crippen LogP contribution in [0, 0.1) is 11.3 Å². The molecule has 1 unspecified atom stereocenters. The van der Waals surface area contributed by atoms with Gasteiger partial charge < -0.3 is 20.4 Å². The maximum Gasteiger partial charge on any atom is 0.393 e. The van der Waals surface area contributed by atoms with Gasteiger partial charge in [0.25, 0.3) is 0 Å². The minimum absolute atomic E-state index is 0.186. The second-order valence-corrected chi connectivity index (χ2v) is 8.34. The molecule has 0 spiro atoms. The summed E-state index contributed by atoms with van der Waals surface area (Å²) < 4.78 is 39.1. The molecule has 3 rings (SSSR count). The van der Waals surface area contributed by atoms with E-state index in [2.05, 4.69) is 17.6 Å². The number of hydrogen-bond donors (Lipinski definition) is 1. The number of nitriles is 1. The Balaban J connectivity index is 1.80. The molecule has 2 aliphatic rings. The lowest BCUT2D eigenvalue weighted by Crippen LogP contribution is -2.56. The number of hydrogen-bond acceptors (Lipinski definition) is 5. The highest BCUT2D eigenvalue weighted by molar-refractivity contribution is 5.99. The van der Waals surface area contributed by atoms with Crippen LogP contribution < -0.4 is 10.6 Å². The number of benzene rings is 1. The van der Waals surface area contributed by atoms with Crippen molar-refractivity contribution in [2.75, 3.05) is 44.7 Å². The Bertz CT molecular complexity index is 1030. The standard InChI is InChI=1S/C24H29F3N6O/c1-3-22(34)33-13-12-32(15-18(33)8-10-28)23(30-2)19-9-11-31(16-20(19)29)21-7-5-4-6-17(21)14-24(25,26)27/h3-7,18H,1,8-9,11-16,29H2,2H3. The van der Waals surface area contributed by atoms with Crippen molar-refractivity contribution in [1.29, 1.82) is 5.26 Å². The number of nitrogens with zero attached hydrogens (tertiary/aromatic N) is 5. The first-order valence-electron chi connectivity index (χ1n) is 11.1. The molecule has 2 N–H and O–H groups in total. The van der Waals surface area contributed by atoms with Gasteiger partial charge in [0, 0.05) is 50.2 Å². The molecule has 1 aromatic carbocycles. The Labute approximate surface area is 197 Å². The topological polar surface area (TPSA) is 89.0 Å². The van der Waals surface area contributed by atoms with E-state index in [-0.39, 0.29) is 23.9 Å². The lowest BCUT2D eigenvalue weighted by molar-refractivity contribution is -0.130. The smallest absolute Gasteiger partial charge is 0.393 e. The predicted molar refractivity (Wildman–Crippen MR) is 125 cm³/mol. The summed E-state index contributed by atoms with van der Waals surface area (Å²) in [6.45, 7) is 5.73. The van der Waals surface area contributed by atoms with Crippen LogP contribution >= 0.6 is 0 Å². The molecule has 1 saturated heterocycles. The number of carbonyl (C=O) groups is 1. The molecule has 0 aliphatic carbocycles. The normalized spacial score (nSPS) is 19.8. The molecule has 1 fully saturated rings. The maximum atomic E-state index is 13.0. The number of nitrogens with two attached hydrogens (primary N) is 1. The molecule has 182 valence electrons. The summed E-state index contributed by atoms with van der Waals surface area (Å²) in [6.07, 6.45) is -3.33. The van der Waals surface area contributed by atoms with E-state index in [0.29, 0.717) is 56.4 Å². The van der Waals surface area contributed by atoms with Gasteiger partial charge in [-0.1, -0.05) is 24.8 Å². The average Bonchev–Trinajstić information content (AvgIpc) is 2.80. The first-order chi connectivity index (χ1) is 16.2. The minimum Gasteiger partial charge on any atom is -0.400 e. The Hall–Kier alpha value is -3.48. The summed E-state index contributed by atoms with van der Waals surface area (Å²) in [7, 11) is 1.67. The Kier molecular flexibility index (Phi) is 7.87. The molecule has 7 nitrogen and oxygen atoms in total. The molecular formula is C24H29F3N6O. The van der Waals surface area contributed by atoms with Crippen molar-refractivity contribution < 1.29 is 18.0 Å². The lowest BCUT2D eigenvalue weighted by Gasteiger charge is -2.43. The van der Waals surface area contributed by atoms with Crippen LogP contribution in [-0.4, -0.2) is 73.5 Å². The quantitative estimate of drug-likeness (QED) is 0.403. The molecule has 10 heteroatoms. The summed E-state index contributed by atoms with van der Waals surface area (Å²) in [5, 5.41) is 9.23. The Morgan fingerprint density at radius 2 is 2.06 bits per heavy atom. The molecule has 1 atom stereocenters. The van der Waals surface area contributed by atoms with Gasteiger partial charge in [-0.2, -0.15) is 18.4 Å². The number of carbonyl (C=O) groups excluding carboxylic acids is 1. The van der Waals surface area contributed by atoms with Gasteiger partial charge in [0.15, 0.2) is 0 Å². The van der Waals surface area contributed by atoms with Crippen LogP contribution in [0.15, 0.2) is 53.2 Å². The van der Waals surface area contributed by atoms with Crippen molar-refractivity contribution in [1.82, 2.24) is 9.80 Å². The minimum atomic E-state index is -4.30. The maximum absolute atomic E-state index is 13.0. The van der Waals surface area contributed by atoms with E-state index in [1.807, 2.05) is 9.80 Å². The van der Waals surface area contributed by atoms with Gasteiger partial charge >= 0.3 is 6.18 Å². The Morgan fingerprint density at radius 3 is 2.68 bits per heavy atom. The van der Waals surface area contributed by atoms with E-state index in [1.54, 1.807) is 30.1 Å². The number of alkyl halides is 3. The molecule has 0 radical (unpaired) electrons. The third kappa shape index (κ3) is 5.71. The SMILES string of the molecule is C=CC(=O)N1CCN(C(=NC)C2=C(N)CN(c3ccccc3CC(F)(F)F)CC2)CC1CC#N. The van der Waals surface area contributed by atoms with Gasteiger partial charge in [0.1, 0.15) is 5.84 Å². The van der Waals surface area contributed by atoms with Crippen LogP contribution in [0.25, 0.3) is 0 Å². The molecule has 1 aromatic rings. The zero-order chi connectivity index (χ0) is 24.9. The van der Waals surface area contributed by atoms with E-state index in [0.717, 1.165) is 5.57 Å². The van der Waals surface area contributed by atoms with Gasteiger partial charge in [0.2, 0.25) is 5.91 Å². The van der Waals surface area contributed by atoms with E-state index in [1.165, 1.54) is 12.1 Å². The van der Waals surface area contributed by atoms with Crippen molar-refractivity contribution in [3.63, 3.8) is 0 Å². The van der Waals surface area contributed by atoms with Crippen LogP contribution in [0.2, 0.25) is 0 Å². The molecule has 1 amide bonds. The highest BCUT2D eigenvalue weighted by atomic mass is 19.4. The summed E-state index contributed by atoms with van der Waals surface area (Å²) in [5.74, 6) is 0.494. The van der Waals surface area contributed by atoms with Gasteiger partial charge in [-0.05, 0) is 24.1 Å². The molecule has 0 bridgehead atoms. The number of para-hydroxylation sites is 1. The zero-order valence-corrected chi connectivity index (χ0v) is 19.2. The molecule has 2 heterocycles. The van der Waals surface area contributed by atoms with Crippen molar-refractivity contribution >= 4 is 17.4 Å². The summed E-state index contributed by atoms with van der Waals surface area (Å²) >= 11 is 0. The number of amides is 1. The fourth-order valence-corrected chi connectivity index (χ4v) is 4.64. The number of halogens is 3. The Morgan fingerprint density at radius 1 is 1.32 bits per heavy atom. The first kappa shape index (κ1) is 25.1. The molecule has 0 saturated carbocycles. The third-order valence-electron chi connectivity index (χ3n) is 6.15. The number of piperazine rings is 1. The zero-order valence-electron chi connectivity index (χ0n) is 19.2. The van der Waals surface area contributed by atoms with E-state index < -0.39 is 12.6 Å². The molecule has 34 heavy (non-hydrogen) atoms. The van der Waals surface area contributed by atoms with Crippen molar-refractivity contribution in [2.45, 2.75) is 31.5 Å². The highest BCUT2D eigenvalue weighted by Crippen LogP contribution is 2.31. The van der Waals surface area contributed by atoms with Crippen molar-refractivity contribution in [2.24, 2.45) is 10.7 Å². The molecular weight excluding hydrogens is 445 g/mol. The fraction of sp³-hybridized carbons (Fsp3) is 0.458. The van der Waals surface area contributed by atoms with Gasteiger partial charge in [-0.25, -0.2) is 0 Å². The molecule has 0 aromatic heterocycles. The van der Waals surface area contributed by atoms with Crippen LogP contribution in [0.4, 0.5) is 18.9 Å². The van der Waals surface area contributed by atoms with Crippen LogP contribution in [0.5, 0.6) is 0 Å². The summed E-state index contributed by atoms with van der Waals surface area (Å²) in [6, 6.07) is 8.36. The molecule has 2 aliphatic heterocycles. The van der Waals surface area contributed by atoms with Gasteiger partial charge in [-0.15, -0.1) is 0 Å². The van der Waals surface area contributed by atoms with E-state index in [4.69, 9.17) is 5.73 Å². The largest absolute Gasteiger partial charge is 0.400 e. The van der Waals surface area contributed by atoms with Gasteiger partial charge in [0.05, 0.1) is 31.5 Å². The summed E-state index contributed by atoms with van der Waals surface area (Å²) in [4.78, 5) is 22.2. The van der Waals surface area contributed by atoms with Crippen LogP contribution in [-0.2, 0) is 11.2 Å². The van der Waals surface area contributed by atoms with Crippen LogP contribution in [0.1, 0.15) is 18.4 Å². The second kappa shape index (κ2) is 10.6. The number of anilines is 1. The highest BCUT2D eigenvalue weighted by Gasteiger charge is 2.34. The first-order valence-corrected chi connectivity index (χ1v) is 11.1. The van der Waals surface area contributed by atoms with Crippen LogP contribution in [0.3, 0.4) is 0 Å². The monoisotopic (exact) mass is 474 g/mol. The predicted octanol–water partition coefficient (Wildman–Crippen LogP) is 2.86. The van der Waals surface area contributed by atoms with Crippen molar-refractivity contribution in [3.05, 3.63) is 53.8 Å². The average molecular weight is 475 g/mol. The van der Waals surface area contributed by atoms with Crippen molar-refractivity contribution in [3.8, 4) is 6.07 Å². The second-order valence-electron chi connectivity index (χ2n) is 8.34. The van der Waals surface area contributed by atoms with E-state index in [9.17, 15) is 23.2 Å². The van der Waals surface area contributed by atoms with Gasteiger partial charge in [-0.3, -0.25) is 9.79 Å². The number of amidine groups is 1. The fourth-order valence-electron chi connectivity index (χ4n) is 4.64. The third-order valence-corrected chi connectivity index (χ3v) is 6.15. The number of rotatable bonds is 5. The van der Waals surface area contributed by atoms with E-state index >= 15 is 0 Å². The lowest BCUT2D eigenvalue weighted by atomic mass is 9.99. The number of aliphatic imine (C=N–C) groups is 1. The summed E-state index contributed by atoms with van der Waals surface area (Å²) in [5.41, 5.74) is 8.59.